The van der Waals surface area contributed by atoms with Gasteiger partial charge in [0.25, 0.3) is 0 Å². The zero-order valence-electron chi connectivity index (χ0n) is 14.6. The van der Waals surface area contributed by atoms with Gasteiger partial charge >= 0.3 is 5.97 Å². The molecule has 2 atom stereocenters. The lowest BCUT2D eigenvalue weighted by Crippen LogP contribution is -2.30. The number of esters is 1. The van der Waals surface area contributed by atoms with Gasteiger partial charge < -0.3 is 15.0 Å². The van der Waals surface area contributed by atoms with Crippen LogP contribution in [0.3, 0.4) is 0 Å². The standard InChI is InChI=1S/C19H20N2O4S/c1-12(13-6-4-3-5-7-13)21-11-14(10-16(21)22)18(23)20-15-8-9-26-17(15)19(24)25-2/h3-9,12,14H,10-11H2,1-2H3,(H,20,23). The fraction of sp³-hybridized carbons (Fsp3) is 0.316. The molecule has 0 saturated carbocycles. The molecule has 0 bridgehead atoms. The lowest BCUT2D eigenvalue weighted by atomic mass is 10.1. The van der Waals surface area contributed by atoms with Crippen molar-refractivity contribution < 1.29 is 19.1 Å². The van der Waals surface area contributed by atoms with Crippen LogP contribution in [0.2, 0.25) is 0 Å². The lowest BCUT2D eigenvalue weighted by Gasteiger charge is -2.25. The van der Waals surface area contributed by atoms with Gasteiger partial charge in [-0.25, -0.2) is 4.79 Å². The minimum Gasteiger partial charge on any atom is -0.465 e. The molecule has 0 spiro atoms. The largest absolute Gasteiger partial charge is 0.465 e. The Morgan fingerprint density at radius 1 is 1.27 bits per heavy atom. The van der Waals surface area contributed by atoms with Crippen molar-refractivity contribution >= 4 is 34.8 Å². The molecule has 1 saturated heterocycles. The molecule has 2 aromatic rings. The maximum atomic E-state index is 12.6. The number of thiophene rings is 1. The predicted octanol–water partition coefficient (Wildman–Crippen LogP) is 3.08. The van der Waals surface area contributed by atoms with E-state index in [1.807, 2.05) is 37.3 Å². The van der Waals surface area contributed by atoms with Crippen LogP contribution >= 0.6 is 11.3 Å². The van der Waals surface area contributed by atoms with Gasteiger partial charge in [-0.05, 0) is 23.9 Å². The Morgan fingerprint density at radius 3 is 2.69 bits per heavy atom. The van der Waals surface area contributed by atoms with Crippen LogP contribution in [0.15, 0.2) is 41.8 Å². The normalized spacial score (nSPS) is 17.8. The summed E-state index contributed by atoms with van der Waals surface area (Å²) in [5.41, 5.74) is 1.46. The van der Waals surface area contributed by atoms with E-state index in [-0.39, 0.29) is 24.3 Å². The minimum absolute atomic E-state index is 0.0417. The maximum Gasteiger partial charge on any atom is 0.350 e. The summed E-state index contributed by atoms with van der Waals surface area (Å²) >= 11 is 1.20. The SMILES string of the molecule is COC(=O)c1sccc1NC(=O)C1CC(=O)N(C(C)c2ccccc2)C1. The molecule has 136 valence electrons. The van der Waals surface area contributed by atoms with Gasteiger partial charge in [-0.15, -0.1) is 11.3 Å². The number of benzene rings is 1. The molecule has 3 rings (SSSR count). The van der Waals surface area contributed by atoms with E-state index in [0.29, 0.717) is 17.1 Å². The summed E-state index contributed by atoms with van der Waals surface area (Å²) in [5.74, 6) is -1.24. The Labute approximate surface area is 155 Å². The van der Waals surface area contributed by atoms with Crippen molar-refractivity contribution in [3.05, 3.63) is 52.2 Å². The van der Waals surface area contributed by atoms with E-state index in [9.17, 15) is 14.4 Å². The third kappa shape index (κ3) is 3.62. The molecule has 6 nitrogen and oxygen atoms in total. The van der Waals surface area contributed by atoms with Crippen molar-refractivity contribution in [2.45, 2.75) is 19.4 Å². The van der Waals surface area contributed by atoms with E-state index in [4.69, 9.17) is 4.74 Å². The second-order valence-electron chi connectivity index (χ2n) is 6.18. The summed E-state index contributed by atoms with van der Waals surface area (Å²) in [6.07, 6.45) is 0.167. The molecular formula is C19H20N2O4S. The molecule has 1 fully saturated rings. The molecule has 26 heavy (non-hydrogen) atoms. The molecule has 1 aromatic carbocycles. The van der Waals surface area contributed by atoms with E-state index < -0.39 is 11.9 Å². The highest BCUT2D eigenvalue weighted by Crippen LogP contribution is 2.30. The van der Waals surface area contributed by atoms with Crippen LogP contribution in [0.5, 0.6) is 0 Å². The fourth-order valence-corrected chi connectivity index (χ4v) is 3.85. The van der Waals surface area contributed by atoms with Gasteiger partial charge in [-0.1, -0.05) is 30.3 Å². The van der Waals surface area contributed by atoms with Crippen LogP contribution in [0.4, 0.5) is 5.69 Å². The number of carbonyl (C=O) groups is 3. The number of hydrogen-bond donors (Lipinski definition) is 1. The van der Waals surface area contributed by atoms with Crippen molar-refractivity contribution in [2.24, 2.45) is 5.92 Å². The van der Waals surface area contributed by atoms with Crippen LogP contribution in [0, 0.1) is 5.92 Å². The molecule has 2 amide bonds. The quantitative estimate of drug-likeness (QED) is 0.819. The Kier molecular flexibility index (Phi) is 5.37. The maximum absolute atomic E-state index is 12.6. The van der Waals surface area contributed by atoms with E-state index >= 15 is 0 Å². The van der Waals surface area contributed by atoms with E-state index in [1.54, 1.807) is 16.3 Å². The lowest BCUT2D eigenvalue weighted by molar-refractivity contribution is -0.129. The number of hydrogen-bond acceptors (Lipinski definition) is 5. The van der Waals surface area contributed by atoms with Crippen molar-refractivity contribution in [2.75, 3.05) is 19.0 Å². The van der Waals surface area contributed by atoms with Crippen molar-refractivity contribution in [1.29, 1.82) is 0 Å². The van der Waals surface area contributed by atoms with E-state index in [2.05, 4.69) is 5.32 Å². The topological polar surface area (TPSA) is 75.7 Å². The molecular weight excluding hydrogens is 352 g/mol. The third-order valence-electron chi connectivity index (χ3n) is 4.57. The fourth-order valence-electron chi connectivity index (χ4n) is 3.09. The molecule has 2 heterocycles. The predicted molar refractivity (Wildman–Crippen MR) is 99.0 cm³/mol. The molecule has 0 aliphatic carbocycles. The first-order valence-electron chi connectivity index (χ1n) is 8.32. The average molecular weight is 372 g/mol. The highest BCUT2D eigenvalue weighted by molar-refractivity contribution is 7.12. The molecule has 1 aromatic heterocycles. The van der Waals surface area contributed by atoms with Crippen LogP contribution < -0.4 is 5.32 Å². The number of ether oxygens (including phenoxy) is 1. The number of nitrogens with one attached hydrogen (secondary N) is 1. The van der Waals surface area contributed by atoms with Gasteiger partial charge in [-0.3, -0.25) is 9.59 Å². The van der Waals surface area contributed by atoms with Crippen molar-refractivity contribution in [3.63, 3.8) is 0 Å². The zero-order chi connectivity index (χ0) is 18.7. The van der Waals surface area contributed by atoms with E-state index in [1.165, 1.54) is 18.4 Å². The molecule has 1 aliphatic heterocycles. The second-order valence-corrected chi connectivity index (χ2v) is 7.09. The molecule has 7 heteroatoms. The monoisotopic (exact) mass is 372 g/mol. The first-order valence-corrected chi connectivity index (χ1v) is 9.20. The van der Waals surface area contributed by atoms with Gasteiger partial charge in [-0.2, -0.15) is 0 Å². The average Bonchev–Trinajstić information content (AvgIpc) is 3.27. The van der Waals surface area contributed by atoms with Gasteiger partial charge in [0.2, 0.25) is 11.8 Å². The summed E-state index contributed by atoms with van der Waals surface area (Å²) in [4.78, 5) is 38.8. The number of likely N-dealkylation sites (tertiary alicyclic amines) is 1. The first kappa shape index (κ1) is 18.1. The summed E-state index contributed by atoms with van der Waals surface area (Å²) < 4.78 is 4.71. The number of nitrogens with zero attached hydrogens (tertiary/aromatic N) is 1. The van der Waals surface area contributed by atoms with Crippen LogP contribution in [-0.2, 0) is 14.3 Å². The first-order chi connectivity index (χ1) is 12.5. The van der Waals surface area contributed by atoms with Crippen molar-refractivity contribution in [1.82, 2.24) is 4.90 Å². The summed E-state index contributed by atoms with van der Waals surface area (Å²) in [7, 11) is 1.30. The third-order valence-corrected chi connectivity index (χ3v) is 5.47. The second kappa shape index (κ2) is 7.70. The highest BCUT2D eigenvalue weighted by atomic mass is 32.1. The van der Waals surface area contributed by atoms with Gasteiger partial charge in [0.05, 0.1) is 24.8 Å². The number of anilines is 1. The Hall–Kier alpha value is -2.67. The molecule has 2 unspecified atom stereocenters. The smallest absolute Gasteiger partial charge is 0.350 e. The molecule has 1 aliphatic rings. The number of rotatable bonds is 5. The number of carbonyl (C=O) groups excluding carboxylic acids is 3. The van der Waals surface area contributed by atoms with Crippen molar-refractivity contribution in [3.8, 4) is 0 Å². The Balaban J connectivity index is 1.68. The van der Waals surface area contributed by atoms with E-state index in [0.717, 1.165) is 5.56 Å². The minimum atomic E-state index is -0.489. The summed E-state index contributed by atoms with van der Waals surface area (Å²) in [6.45, 7) is 2.32. The van der Waals surface area contributed by atoms with Crippen LogP contribution in [-0.4, -0.2) is 36.3 Å². The Morgan fingerprint density at radius 2 is 2.00 bits per heavy atom. The summed E-state index contributed by atoms with van der Waals surface area (Å²) in [5, 5.41) is 4.47. The Bertz CT molecular complexity index is 818. The highest BCUT2D eigenvalue weighted by Gasteiger charge is 2.37. The molecule has 0 radical (unpaired) electrons. The number of amides is 2. The van der Waals surface area contributed by atoms with Gasteiger partial charge in [0.15, 0.2) is 0 Å². The summed E-state index contributed by atoms with van der Waals surface area (Å²) in [6, 6.07) is 11.3. The van der Waals surface area contributed by atoms with Gasteiger partial charge in [0.1, 0.15) is 4.88 Å². The van der Waals surface area contributed by atoms with Gasteiger partial charge in [0, 0.05) is 13.0 Å². The zero-order valence-corrected chi connectivity index (χ0v) is 15.4. The molecule has 1 N–H and O–H groups in total. The number of methoxy groups -OCH3 is 1. The van der Waals surface area contributed by atoms with Crippen LogP contribution in [0.1, 0.15) is 34.6 Å². The van der Waals surface area contributed by atoms with Crippen LogP contribution in [0.25, 0.3) is 0 Å².